The summed E-state index contributed by atoms with van der Waals surface area (Å²) < 4.78 is 44.6. The van der Waals surface area contributed by atoms with Crippen molar-refractivity contribution >= 4 is 104 Å². The fraction of sp³-hybridized carbons (Fsp3) is 0.741. The molecule has 4 aliphatic rings. The van der Waals surface area contributed by atoms with Crippen molar-refractivity contribution in [3.8, 4) is 0 Å². The van der Waals surface area contributed by atoms with Crippen LogP contribution in [-0.4, -0.2) is 207 Å². The van der Waals surface area contributed by atoms with Gasteiger partial charge in [0.25, 0.3) is 15.6 Å². The number of imidazole rings is 1. The molecule has 2 aromatic rings. The molecule has 25 nitrogen and oxygen atoms in total. The smallest absolute Gasteiger partial charge is 0.322 e. The van der Waals surface area contributed by atoms with Gasteiger partial charge in [0.1, 0.15) is 54.6 Å². The number of ether oxygens (including phenoxy) is 1. The number of rotatable bonds is 13. The van der Waals surface area contributed by atoms with Crippen LogP contribution in [0.2, 0.25) is 0 Å². The van der Waals surface area contributed by atoms with Crippen LogP contribution in [0.3, 0.4) is 0 Å². The number of hydrogen-bond acceptors (Lipinski definition) is 21. The molecule has 1 aliphatic carbocycles. The van der Waals surface area contributed by atoms with Gasteiger partial charge >= 0.3 is 6.03 Å². The normalized spacial score (nSPS) is 34.1. The van der Waals surface area contributed by atoms with E-state index in [4.69, 9.17) is 10.5 Å². The van der Waals surface area contributed by atoms with E-state index >= 15 is 0 Å². The minimum absolute atomic E-state index is 0. The van der Waals surface area contributed by atoms with Gasteiger partial charge in [-0.2, -0.15) is 0 Å². The second-order valence-corrected chi connectivity index (χ2v) is 16.6. The van der Waals surface area contributed by atoms with Crippen molar-refractivity contribution in [3.63, 3.8) is 0 Å². The summed E-state index contributed by atoms with van der Waals surface area (Å²) in [6, 6.07) is -2.15. The number of β-amino-alcohol motifs (C(OH)–C–C–N with tert-alkyl or cyclic N) is 1. The van der Waals surface area contributed by atoms with Crippen molar-refractivity contribution < 1.29 is 77.6 Å². The Morgan fingerprint density at radius 2 is 1.68 bits per heavy atom. The Bertz CT molecular complexity index is 1790. The number of fused-ring (bicyclic) bond motifs is 3. The number of imide groups is 1. The van der Waals surface area contributed by atoms with Gasteiger partial charge in [0.2, 0.25) is 5.91 Å². The molecule has 2 aromatic heterocycles. The zero-order chi connectivity index (χ0) is 38.6. The van der Waals surface area contributed by atoms with Crippen LogP contribution < -0.4 is 31.5 Å². The molecule has 0 bridgehead atoms. The van der Waals surface area contributed by atoms with Crippen LogP contribution in [-0.2, 0) is 32.0 Å². The third kappa shape index (κ3) is 10.7. The summed E-state index contributed by atoms with van der Waals surface area (Å²) in [6.45, 7) is 1.46. The van der Waals surface area contributed by atoms with Crippen LogP contribution in [0.4, 0.5) is 10.6 Å². The molecule has 3 saturated heterocycles. The number of nitrogens with one attached hydrogen (secondary N) is 3. The molecule has 2 radical (unpaired) electrons. The maximum atomic E-state index is 12.7. The largest absolute Gasteiger partial charge is 0.756 e. The van der Waals surface area contributed by atoms with Crippen molar-refractivity contribution in [3.05, 3.63) is 12.7 Å². The summed E-state index contributed by atoms with van der Waals surface area (Å²) in [4.78, 5) is 63.1. The zero-order valence-corrected chi connectivity index (χ0v) is 36.5. The van der Waals surface area contributed by atoms with E-state index in [1.807, 2.05) is 6.92 Å². The number of anilines is 1. The second-order valence-electron chi connectivity index (χ2n) is 13.7. The van der Waals surface area contributed by atoms with Gasteiger partial charge < -0.3 is 65.6 Å². The predicted octanol–water partition coefficient (Wildman–Crippen LogP) is -6.25. The average Bonchev–Trinajstić information content (AvgIpc) is 3.63. The van der Waals surface area contributed by atoms with Gasteiger partial charge in [-0.05, 0) is 24.7 Å². The number of aromatic nitrogens is 4. The van der Waals surface area contributed by atoms with Gasteiger partial charge in [-0.1, -0.05) is 13.8 Å². The summed E-state index contributed by atoms with van der Waals surface area (Å²) in [5.41, 5.74) is 6.05. The van der Waals surface area contributed by atoms with Crippen molar-refractivity contribution in [1.82, 2.24) is 40.4 Å². The van der Waals surface area contributed by atoms with E-state index < -0.39 is 95.9 Å². The minimum atomic E-state index is -5.82. The molecule has 15 atom stereocenters. The van der Waals surface area contributed by atoms with E-state index in [0.717, 1.165) is 6.33 Å². The summed E-state index contributed by atoms with van der Waals surface area (Å²) in [5.74, 6) is -0.0279. The molecule has 0 spiro atoms. The minimum Gasteiger partial charge on any atom is -0.756 e. The van der Waals surface area contributed by atoms with Gasteiger partial charge in [-0.25, -0.2) is 24.1 Å². The van der Waals surface area contributed by atoms with Crippen LogP contribution in [0.1, 0.15) is 32.9 Å². The fourth-order valence-corrected chi connectivity index (χ4v) is 9.18. The number of amides is 3. The van der Waals surface area contributed by atoms with Crippen LogP contribution >= 0.6 is 15.6 Å². The fourth-order valence-electron chi connectivity index (χ4n) is 7.16. The number of piperazine rings is 1. The van der Waals surface area contributed by atoms with E-state index in [0.29, 0.717) is 18.8 Å². The Labute approximate surface area is 363 Å². The molecule has 5 heterocycles. The number of phosphoric ester groups is 2. The zero-order valence-electron chi connectivity index (χ0n) is 30.7. The number of hydrogen-bond donors (Lipinski definition) is 9. The monoisotopic (exact) mass is 857 g/mol. The Morgan fingerprint density at radius 3 is 2.38 bits per heavy atom. The van der Waals surface area contributed by atoms with Crippen LogP contribution in [0.5, 0.6) is 0 Å². The number of carbonyl (C=O) groups excluding carboxylic acids is 2. The summed E-state index contributed by atoms with van der Waals surface area (Å²) in [5, 5.41) is 61.3. The third-order valence-corrected chi connectivity index (χ3v) is 12.7. The molecule has 3 aliphatic heterocycles. The molecular weight excluding hydrogens is 814 g/mol. The first-order valence-electron chi connectivity index (χ1n) is 16.6. The first kappa shape index (κ1) is 49.6. The topological polar surface area (TPSA) is 393 Å². The number of urea groups is 1. The first-order valence-corrected chi connectivity index (χ1v) is 19.5. The molecule has 4 fully saturated rings. The average molecular weight is 858 g/mol. The Kier molecular flexibility index (Phi) is 17.4. The van der Waals surface area contributed by atoms with Crippen molar-refractivity contribution in [2.75, 3.05) is 25.5 Å². The van der Waals surface area contributed by atoms with E-state index in [1.54, 1.807) is 4.90 Å². The SMILES string of the molecule is CC1CC2NC3C(=O)NC(=O)NC3N(C[C@H](O)[C@H](O)[C@H](O)COP(=O)([O-])OP(=O)([O-])OC[C@H]3O[C@@H](n4cnc5c(N)ncnc54)[C@H](O)[C@@H]3O)C2CC1C.O.[Na].[Na]. The number of nitrogens with two attached hydrogens (primary N) is 1. The molecular formula is C27H43N9Na2O16P2-2. The Hall–Kier alpha value is -0.810. The third-order valence-electron chi connectivity index (χ3n) is 10.2. The van der Waals surface area contributed by atoms with E-state index in [9.17, 15) is 54.0 Å². The van der Waals surface area contributed by atoms with Gasteiger partial charge in [-0.15, -0.1) is 0 Å². The van der Waals surface area contributed by atoms with Crippen molar-refractivity contribution in [1.29, 1.82) is 0 Å². The Morgan fingerprint density at radius 1 is 1.02 bits per heavy atom. The number of carbonyl (C=O) groups is 2. The molecule has 6 rings (SSSR count). The van der Waals surface area contributed by atoms with Crippen molar-refractivity contribution in [2.45, 2.75) is 93.8 Å². The molecule has 8 unspecified atom stereocenters. The molecule has 1 saturated carbocycles. The Balaban J connectivity index is 0.00000280. The van der Waals surface area contributed by atoms with E-state index in [1.165, 1.54) is 10.9 Å². The van der Waals surface area contributed by atoms with Crippen LogP contribution in [0.25, 0.3) is 11.2 Å². The number of nitrogens with zero attached hydrogens (tertiary/aromatic N) is 5. The molecule has 56 heavy (non-hydrogen) atoms. The van der Waals surface area contributed by atoms with E-state index in [2.05, 4.69) is 51.2 Å². The maximum absolute atomic E-state index is 12.7. The molecule has 12 N–H and O–H groups in total. The second kappa shape index (κ2) is 19.7. The van der Waals surface area contributed by atoms with E-state index in [-0.39, 0.29) is 106 Å². The molecule has 3 amide bonds. The van der Waals surface area contributed by atoms with Crippen LogP contribution in [0.15, 0.2) is 12.7 Å². The standard InChI is InChI=1S/C27H43N9O15P2.2Na.H2O/c1-10-3-12-13(4-11(10)2)35(24-18(32-12)25(42)34-27(43)33-24)5-14(37)19(39)15(38)6-48-52(44,45)51-53(46,47)49-7-16-20(40)21(41)26(50-16)36-9-31-17-22(28)29-8-30-23(17)36;;;/h8-16,18-21,24,26,32,37-41H,3-7H2,1-2H3,(H,44,45)(H,46,47)(H2,28,29,30)(H2,33,34,42,43);;;1H2/p-2/t10?,11?,12?,13?,14-,15+,16+,18?,19-,20+,21+,24?,26+;;;/m0.../s1. The molecule has 306 valence electrons. The van der Waals surface area contributed by atoms with Crippen LogP contribution in [0, 0.1) is 11.8 Å². The van der Waals surface area contributed by atoms with Gasteiger partial charge in [0.05, 0.1) is 25.6 Å². The molecule has 0 aromatic carbocycles. The van der Waals surface area contributed by atoms with Gasteiger partial charge in [0, 0.05) is 77.7 Å². The number of aliphatic hydroxyl groups excluding tert-OH is 5. The number of phosphoric acid groups is 2. The summed E-state index contributed by atoms with van der Waals surface area (Å²) >= 11 is 0. The predicted molar refractivity (Wildman–Crippen MR) is 186 cm³/mol. The quantitative estimate of drug-likeness (QED) is 0.0668. The van der Waals surface area contributed by atoms with Gasteiger partial charge in [0.15, 0.2) is 17.7 Å². The summed E-state index contributed by atoms with van der Waals surface area (Å²) in [6.07, 6.45) is -9.48. The number of aliphatic hydroxyl groups is 5. The van der Waals surface area contributed by atoms with Gasteiger partial charge in [-0.3, -0.25) is 34.0 Å². The number of nitrogen functional groups attached to an aromatic ring is 1. The first-order chi connectivity index (χ1) is 24.9. The maximum Gasteiger partial charge on any atom is 0.322 e. The van der Waals surface area contributed by atoms with Crippen molar-refractivity contribution in [2.24, 2.45) is 11.8 Å². The molecule has 29 heteroatoms. The summed E-state index contributed by atoms with van der Waals surface area (Å²) in [7, 11) is -11.6.